The topological polar surface area (TPSA) is 22.6 Å². The number of aryl methyl sites for hydroxylation is 2. The zero-order valence-corrected chi connectivity index (χ0v) is 16.7. The third-order valence-corrected chi connectivity index (χ3v) is 6.16. The van der Waals surface area contributed by atoms with Gasteiger partial charge in [0, 0.05) is 49.8 Å². The van der Waals surface area contributed by atoms with Gasteiger partial charge in [-0.2, -0.15) is 0 Å². The van der Waals surface area contributed by atoms with Gasteiger partial charge in [-0.3, -0.25) is 9.80 Å². The van der Waals surface area contributed by atoms with Crippen molar-refractivity contribution in [3.63, 3.8) is 0 Å². The molecule has 0 aliphatic carbocycles. The summed E-state index contributed by atoms with van der Waals surface area (Å²) in [6.07, 6.45) is 0. The molecule has 25 heavy (non-hydrogen) atoms. The second-order valence-electron chi connectivity index (χ2n) is 7.00. The summed E-state index contributed by atoms with van der Waals surface area (Å²) < 4.78 is 0. The van der Waals surface area contributed by atoms with E-state index < -0.39 is 0 Å². The van der Waals surface area contributed by atoms with Gasteiger partial charge in [0.05, 0.1) is 16.7 Å². The first-order valence-corrected chi connectivity index (χ1v) is 10.0. The van der Waals surface area contributed by atoms with Crippen molar-refractivity contribution in [2.45, 2.75) is 26.8 Å². The molecule has 0 N–H and O–H groups in total. The van der Waals surface area contributed by atoms with Crippen LogP contribution in [-0.4, -0.2) is 61.1 Å². The molecule has 0 amide bonds. The lowest BCUT2D eigenvalue weighted by atomic mass is 10.2. The fraction of sp³-hybridized carbons (Fsp3) is 0.550. The highest BCUT2D eigenvalue weighted by molar-refractivity contribution is 7.11. The van der Waals surface area contributed by atoms with E-state index in [0.717, 1.165) is 39.3 Å². The van der Waals surface area contributed by atoms with Gasteiger partial charge >= 0.3 is 0 Å². The summed E-state index contributed by atoms with van der Waals surface area (Å²) in [6.45, 7) is 13.3. The highest BCUT2D eigenvalue weighted by Crippen LogP contribution is 2.25. The Morgan fingerprint density at radius 1 is 1.12 bits per heavy atom. The molecule has 1 saturated heterocycles. The molecule has 136 valence electrons. The molecule has 1 fully saturated rings. The molecule has 0 unspecified atom stereocenters. The van der Waals surface area contributed by atoms with Gasteiger partial charge in [-0.25, -0.2) is 4.98 Å². The van der Waals surface area contributed by atoms with Crippen LogP contribution in [0.5, 0.6) is 0 Å². The van der Waals surface area contributed by atoms with Gasteiger partial charge in [-0.1, -0.05) is 18.2 Å². The minimum atomic E-state index is 0.385. The highest BCUT2D eigenvalue weighted by atomic mass is 32.1. The zero-order valence-electron chi connectivity index (χ0n) is 15.9. The summed E-state index contributed by atoms with van der Waals surface area (Å²) in [7, 11) is 2.22. The van der Waals surface area contributed by atoms with E-state index in [2.05, 4.69) is 72.9 Å². The van der Waals surface area contributed by atoms with E-state index in [1.165, 1.54) is 21.3 Å². The standard InChI is InChI=1S/C20H30N4S/c1-16(20-17(2)25-18(3)21-20)22(4)10-11-23-12-14-24(15-13-23)19-8-6-5-7-9-19/h5-9,16H,10-15H2,1-4H3/t16-/m0/s1. The molecule has 1 aromatic carbocycles. The number of hydrogen-bond acceptors (Lipinski definition) is 5. The average Bonchev–Trinajstić information content (AvgIpc) is 2.98. The number of para-hydroxylation sites is 1. The van der Waals surface area contributed by atoms with Crippen molar-refractivity contribution in [3.05, 3.63) is 45.9 Å². The molecule has 0 radical (unpaired) electrons. The van der Waals surface area contributed by atoms with Crippen molar-refractivity contribution in [1.29, 1.82) is 0 Å². The minimum absolute atomic E-state index is 0.385. The van der Waals surface area contributed by atoms with Crippen molar-refractivity contribution < 1.29 is 0 Å². The number of aromatic nitrogens is 1. The number of rotatable bonds is 6. The lowest BCUT2D eigenvalue weighted by molar-refractivity contribution is 0.188. The maximum Gasteiger partial charge on any atom is 0.0900 e. The van der Waals surface area contributed by atoms with Crippen LogP contribution in [0, 0.1) is 13.8 Å². The van der Waals surface area contributed by atoms with E-state index in [-0.39, 0.29) is 0 Å². The van der Waals surface area contributed by atoms with E-state index in [0.29, 0.717) is 6.04 Å². The minimum Gasteiger partial charge on any atom is -0.369 e. The van der Waals surface area contributed by atoms with Gasteiger partial charge in [0.2, 0.25) is 0 Å². The van der Waals surface area contributed by atoms with Crippen LogP contribution in [0.25, 0.3) is 0 Å². The van der Waals surface area contributed by atoms with E-state index in [1.807, 2.05) is 0 Å². The van der Waals surface area contributed by atoms with Crippen molar-refractivity contribution in [1.82, 2.24) is 14.8 Å². The molecule has 1 atom stereocenters. The van der Waals surface area contributed by atoms with Gasteiger partial charge in [0.15, 0.2) is 0 Å². The summed E-state index contributed by atoms with van der Waals surface area (Å²) in [5.74, 6) is 0. The third kappa shape index (κ3) is 4.60. The first-order chi connectivity index (χ1) is 12.0. The number of likely N-dealkylation sites (N-methyl/N-ethyl adjacent to an activating group) is 1. The summed E-state index contributed by atoms with van der Waals surface area (Å²) in [6, 6.07) is 11.1. The number of thiazole rings is 1. The maximum absolute atomic E-state index is 4.73. The number of piperazine rings is 1. The van der Waals surface area contributed by atoms with Crippen molar-refractivity contribution in [3.8, 4) is 0 Å². The Bertz CT molecular complexity index is 662. The molecular weight excluding hydrogens is 328 g/mol. The van der Waals surface area contributed by atoms with Crippen molar-refractivity contribution in [2.75, 3.05) is 51.2 Å². The van der Waals surface area contributed by atoms with Crippen LogP contribution in [0.3, 0.4) is 0 Å². The second-order valence-corrected chi connectivity index (χ2v) is 8.40. The largest absolute Gasteiger partial charge is 0.369 e. The summed E-state index contributed by atoms with van der Waals surface area (Å²) >= 11 is 1.81. The quantitative estimate of drug-likeness (QED) is 0.787. The van der Waals surface area contributed by atoms with Crippen LogP contribution >= 0.6 is 11.3 Å². The Morgan fingerprint density at radius 3 is 2.40 bits per heavy atom. The smallest absolute Gasteiger partial charge is 0.0900 e. The molecule has 2 aromatic rings. The fourth-order valence-corrected chi connectivity index (χ4v) is 4.41. The Kier molecular flexibility index (Phi) is 6.10. The Balaban J connectivity index is 1.46. The van der Waals surface area contributed by atoms with Gasteiger partial charge in [0.25, 0.3) is 0 Å². The molecule has 5 heteroatoms. The van der Waals surface area contributed by atoms with E-state index in [1.54, 1.807) is 11.3 Å². The van der Waals surface area contributed by atoms with E-state index in [9.17, 15) is 0 Å². The normalized spacial score (nSPS) is 17.2. The highest BCUT2D eigenvalue weighted by Gasteiger charge is 2.20. The molecule has 4 nitrogen and oxygen atoms in total. The van der Waals surface area contributed by atoms with Gasteiger partial charge in [-0.05, 0) is 40.0 Å². The van der Waals surface area contributed by atoms with Crippen molar-refractivity contribution >= 4 is 17.0 Å². The Hall–Kier alpha value is -1.43. The molecule has 0 spiro atoms. The number of hydrogen-bond donors (Lipinski definition) is 0. The van der Waals surface area contributed by atoms with Gasteiger partial charge in [-0.15, -0.1) is 11.3 Å². The number of nitrogens with zero attached hydrogens (tertiary/aromatic N) is 4. The van der Waals surface area contributed by atoms with Crippen LogP contribution in [-0.2, 0) is 0 Å². The summed E-state index contributed by atoms with van der Waals surface area (Å²) in [4.78, 5) is 13.6. The number of anilines is 1. The Morgan fingerprint density at radius 2 is 1.80 bits per heavy atom. The molecule has 0 bridgehead atoms. The van der Waals surface area contributed by atoms with Crippen molar-refractivity contribution in [2.24, 2.45) is 0 Å². The second kappa shape index (κ2) is 8.30. The SMILES string of the molecule is Cc1nc([C@H](C)N(C)CCN2CCN(c3ccccc3)CC2)c(C)s1. The van der Waals surface area contributed by atoms with E-state index in [4.69, 9.17) is 4.98 Å². The molecule has 1 aliphatic heterocycles. The predicted octanol–water partition coefficient (Wildman–Crippen LogP) is 3.57. The monoisotopic (exact) mass is 358 g/mol. The van der Waals surface area contributed by atoms with E-state index >= 15 is 0 Å². The zero-order chi connectivity index (χ0) is 17.8. The average molecular weight is 359 g/mol. The fourth-order valence-electron chi connectivity index (χ4n) is 3.50. The molecule has 1 aliphatic rings. The lowest BCUT2D eigenvalue weighted by Gasteiger charge is -2.37. The lowest BCUT2D eigenvalue weighted by Crippen LogP contribution is -2.48. The molecule has 0 saturated carbocycles. The van der Waals surface area contributed by atoms with Gasteiger partial charge < -0.3 is 4.90 Å². The van der Waals surface area contributed by atoms with Crippen LogP contribution in [0.15, 0.2) is 30.3 Å². The maximum atomic E-state index is 4.73. The van der Waals surface area contributed by atoms with Crippen LogP contribution in [0.4, 0.5) is 5.69 Å². The molecule has 1 aromatic heterocycles. The Labute approximate surface area is 156 Å². The first-order valence-electron chi connectivity index (χ1n) is 9.21. The first kappa shape index (κ1) is 18.4. The van der Waals surface area contributed by atoms with Crippen LogP contribution in [0.1, 0.15) is 28.5 Å². The van der Waals surface area contributed by atoms with Gasteiger partial charge in [0.1, 0.15) is 0 Å². The summed E-state index contributed by atoms with van der Waals surface area (Å²) in [5.41, 5.74) is 2.60. The summed E-state index contributed by atoms with van der Waals surface area (Å²) in [5, 5.41) is 1.17. The third-order valence-electron chi connectivity index (χ3n) is 5.26. The predicted molar refractivity (Wildman–Crippen MR) is 108 cm³/mol. The van der Waals surface area contributed by atoms with Crippen LogP contribution in [0.2, 0.25) is 0 Å². The number of benzene rings is 1. The molecule has 2 heterocycles. The molecular formula is C20H30N4S. The van der Waals surface area contributed by atoms with Crippen LogP contribution < -0.4 is 4.90 Å². The molecule has 3 rings (SSSR count).